The van der Waals surface area contributed by atoms with Crippen molar-refractivity contribution in [3.63, 3.8) is 0 Å². The maximum Gasteiger partial charge on any atom is 0.217 e. The second-order valence-corrected chi connectivity index (χ2v) is 15.9. The highest BCUT2D eigenvalue weighted by molar-refractivity contribution is 5.73. The van der Waals surface area contributed by atoms with Crippen molar-refractivity contribution in [3.8, 4) is 0 Å². The van der Waals surface area contributed by atoms with Gasteiger partial charge in [-0.1, -0.05) is 13.8 Å². The summed E-state index contributed by atoms with van der Waals surface area (Å²) in [6.07, 6.45) is -35.0. The number of carbonyl (C=O) groups is 1. The van der Waals surface area contributed by atoms with E-state index in [1.165, 1.54) is 13.8 Å². The smallest absolute Gasteiger partial charge is 0.217 e. The van der Waals surface area contributed by atoms with Crippen LogP contribution in [0, 0.1) is 5.92 Å². The number of aliphatic hydroxyl groups excluding tert-OH is 11. The lowest BCUT2D eigenvalue weighted by molar-refractivity contribution is -0.407. The Hall–Kier alpha value is -1.37. The van der Waals surface area contributed by atoms with Crippen LogP contribution in [0.5, 0.6) is 0 Å². The minimum atomic E-state index is -1.98. The first-order valence-electron chi connectivity index (χ1n) is 20.0. The topological polar surface area (TPSA) is 344 Å². The Balaban J connectivity index is 1.52. The van der Waals surface area contributed by atoms with E-state index in [9.17, 15) is 61.0 Å². The normalized spacial score (nSPS) is 51.0. The first kappa shape index (κ1) is 48.7. The summed E-state index contributed by atoms with van der Waals surface area (Å²) < 4.78 is 60.1. The highest BCUT2D eigenvalue weighted by Crippen LogP contribution is 2.38. The Kier molecular flexibility index (Phi) is 17.2. The van der Waals surface area contributed by atoms with Gasteiger partial charge < -0.3 is 109 Å². The second kappa shape index (κ2) is 20.9. The summed E-state index contributed by atoms with van der Waals surface area (Å²) in [5.74, 6) is -1.32. The Morgan fingerprint density at radius 3 is 1.56 bits per heavy atom. The van der Waals surface area contributed by atoms with E-state index in [1.807, 2.05) is 6.92 Å². The van der Waals surface area contributed by atoms with Gasteiger partial charge >= 0.3 is 0 Å². The third kappa shape index (κ3) is 10.5. The van der Waals surface area contributed by atoms with Gasteiger partial charge in [-0.2, -0.15) is 0 Å². The molecule has 0 spiro atoms. The molecular weight excluding hydrogens is 798 g/mol. The molecule has 23 nitrogen and oxygen atoms in total. The number of hydrogen-bond acceptors (Lipinski definition) is 22. The van der Waals surface area contributed by atoms with Crippen LogP contribution >= 0.6 is 0 Å². The molecule has 5 heterocycles. The van der Waals surface area contributed by atoms with Crippen LogP contribution in [0.25, 0.3) is 0 Å². The van der Waals surface area contributed by atoms with Crippen molar-refractivity contribution in [3.05, 3.63) is 0 Å². The zero-order valence-electron chi connectivity index (χ0n) is 33.7. The monoisotopic (exact) mass is 861 g/mol. The van der Waals surface area contributed by atoms with E-state index in [2.05, 4.69) is 5.32 Å². The standard InChI is InChI=1S/C36H63NO22/c1-7-8-50-32-11(2)28(20(42)13(4)51-32)56-35-30(26(48)19(41)12(3)52-35)58-36-31(59-33-18(37-15(6)40)24(46)22(44)16(9-38)54-33)29(21(43)14(5)53-36)57-34-27(49)25(47)23(45)17(10-39)55-34/h11-14,16-36,38-39,41-49H,7-10H2,1-6H3,(H,37,40)/t11?,12?,13?,14?,16?,17-,18+,19+,20+,21+,22+,23-,24?,25?,26-,27?,28+,29-,30?,31?,32-,33+,34-,35+,36+/m1/s1. The molecule has 0 aromatic rings. The molecule has 5 rings (SSSR count). The highest BCUT2D eigenvalue weighted by atomic mass is 16.8. The summed E-state index contributed by atoms with van der Waals surface area (Å²) in [5, 5.41) is 121. The van der Waals surface area contributed by atoms with E-state index in [-0.39, 0.29) is 0 Å². The quantitative estimate of drug-likeness (QED) is 0.0773. The van der Waals surface area contributed by atoms with E-state index in [4.69, 9.17) is 47.4 Å². The van der Waals surface area contributed by atoms with Gasteiger partial charge in [0.05, 0.1) is 37.6 Å². The number of ether oxygens (including phenoxy) is 10. The van der Waals surface area contributed by atoms with E-state index < -0.39 is 172 Å². The van der Waals surface area contributed by atoms with Gasteiger partial charge in [0.1, 0.15) is 91.5 Å². The van der Waals surface area contributed by atoms with Gasteiger partial charge in [-0.15, -0.1) is 0 Å². The Bertz CT molecular complexity index is 1320. The largest absolute Gasteiger partial charge is 0.394 e. The summed E-state index contributed by atoms with van der Waals surface area (Å²) in [6.45, 7) is 7.87. The third-order valence-electron chi connectivity index (χ3n) is 11.4. The van der Waals surface area contributed by atoms with Crippen LogP contribution in [-0.4, -0.2) is 229 Å². The molecule has 0 bridgehead atoms. The highest BCUT2D eigenvalue weighted by Gasteiger charge is 2.57. The van der Waals surface area contributed by atoms with Gasteiger partial charge in [0.15, 0.2) is 31.5 Å². The van der Waals surface area contributed by atoms with Crippen molar-refractivity contribution in [2.24, 2.45) is 5.92 Å². The van der Waals surface area contributed by atoms with Gasteiger partial charge in [0, 0.05) is 19.4 Å². The van der Waals surface area contributed by atoms with Gasteiger partial charge in [0.25, 0.3) is 0 Å². The lowest BCUT2D eigenvalue weighted by Crippen LogP contribution is -2.69. The fourth-order valence-corrected chi connectivity index (χ4v) is 7.82. The molecule has 10 unspecified atom stereocenters. The van der Waals surface area contributed by atoms with E-state index in [1.54, 1.807) is 13.8 Å². The van der Waals surface area contributed by atoms with E-state index >= 15 is 0 Å². The fraction of sp³-hybridized carbons (Fsp3) is 0.972. The molecule has 5 aliphatic heterocycles. The van der Waals surface area contributed by atoms with E-state index in [0.29, 0.717) is 13.0 Å². The summed E-state index contributed by atoms with van der Waals surface area (Å²) in [7, 11) is 0. The van der Waals surface area contributed by atoms with Crippen molar-refractivity contribution in [2.75, 3.05) is 19.8 Å². The van der Waals surface area contributed by atoms with Crippen LogP contribution in [0.3, 0.4) is 0 Å². The SMILES string of the molecule is CCCO[C@@H]1OC(C)[C@H](O)[C@@H](O[C@@H]2OC(C)[C@H](O)[C@@H](O)C2O[C@@H]2OC(C)[C@H](O)[C@@H](O[C@H]3O[C@H](CO)[C@@H](O)C(O)C3O)C2O[C@@H]2OC(CO)[C@H](O)C(O)[C@@H]2NC(C)=O)C1C. The minimum Gasteiger partial charge on any atom is -0.394 e. The molecule has 0 aliphatic carbocycles. The average molecular weight is 862 g/mol. The van der Waals surface area contributed by atoms with Crippen LogP contribution in [0.15, 0.2) is 0 Å². The molecule has 344 valence electrons. The van der Waals surface area contributed by atoms with Crippen molar-refractivity contribution < 1.29 is 108 Å². The number of hydrogen-bond donors (Lipinski definition) is 12. The predicted molar refractivity (Wildman–Crippen MR) is 191 cm³/mol. The number of amides is 1. The average Bonchev–Trinajstić information content (AvgIpc) is 3.20. The molecule has 23 heteroatoms. The number of rotatable bonds is 14. The molecule has 12 N–H and O–H groups in total. The van der Waals surface area contributed by atoms with Crippen molar-refractivity contribution in [2.45, 2.75) is 195 Å². The second-order valence-electron chi connectivity index (χ2n) is 15.9. The van der Waals surface area contributed by atoms with E-state index in [0.717, 1.165) is 6.92 Å². The fourth-order valence-electron chi connectivity index (χ4n) is 7.82. The van der Waals surface area contributed by atoms with Crippen LogP contribution in [0.2, 0.25) is 0 Å². The van der Waals surface area contributed by atoms with Crippen molar-refractivity contribution in [1.29, 1.82) is 0 Å². The van der Waals surface area contributed by atoms with Gasteiger partial charge in [-0.25, -0.2) is 0 Å². The van der Waals surface area contributed by atoms with Gasteiger partial charge in [0.2, 0.25) is 5.91 Å². The van der Waals surface area contributed by atoms with Crippen LogP contribution in [0.4, 0.5) is 0 Å². The Labute approximate surface area is 340 Å². The van der Waals surface area contributed by atoms with Crippen LogP contribution < -0.4 is 5.32 Å². The molecule has 0 aromatic heterocycles. The maximum atomic E-state index is 12.3. The van der Waals surface area contributed by atoms with Crippen LogP contribution in [-0.2, 0) is 52.2 Å². The molecule has 5 fully saturated rings. The molecular formula is C36H63NO22. The lowest BCUT2D eigenvalue weighted by atomic mass is 9.92. The molecule has 0 radical (unpaired) electrons. The molecule has 0 saturated carbocycles. The summed E-state index contributed by atoms with van der Waals surface area (Å²) in [6, 6.07) is -1.56. The molecule has 0 aromatic carbocycles. The van der Waals surface area contributed by atoms with Gasteiger partial charge in [-0.05, 0) is 27.2 Å². The van der Waals surface area contributed by atoms with Crippen LogP contribution in [0.1, 0.15) is 48.0 Å². The number of aliphatic hydroxyl groups is 11. The minimum absolute atomic E-state index is 0.345. The lowest BCUT2D eigenvalue weighted by Gasteiger charge is -2.51. The maximum absolute atomic E-state index is 12.3. The summed E-state index contributed by atoms with van der Waals surface area (Å²) in [5.41, 5.74) is 0. The molecule has 5 saturated heterocycles. The number of nitrogens with one attached hydrogen (secondary N) is 1. The predicted octanol–water partition coefficient (Wildman–Crippen LogP) is -5.99. The zero-order chi connectivity index (χ0) is 43.6. The first-order chi connectivity index (χ1) is 27.8. The molecule has 59 heavy (non-hydrogen) atoms. The molecule has 1 amide bonds. The molecule has 25 atom stereocenters. The van der Waals surface area contributed by atoms with Gasteiger partial charge in [-0.3, -0.25) is 4.79 Å². The zero-order valence-corrected chi connectivity index (χ0v) is 33.7. The number of carbonyl (C=O) groups excluding carboxylic acids is 1. The van der Waals surface area contributed by atoms with Crippen molar-refractivity contribution >= 4 is 5.91 Å². The Morgan fingerprint density at radius 1 is 0.508 bits per heavy atom. The Morgan fingerprint density at radius 2 is 0.983 bits per heavy atom. The summed E-state index contributed by atoms with van der Waals surface area (Å²) in [4.78, 5) is 12.3. The third-order valence-corrected chi connectivity index (χ3v) is 11.4. The molecule has 5 aliphatic rings. The summed E-state index contributed by atoms with van der Waals surface area (Å²) >= 11 is 0. The first-order valence-corrected chi connectivity index (χ1v) is 20.0. The van der Waals surface area contributed by atoms with Crippen molar-refractivity contribution in [1.82, 2.24) is 5.32 Å².